The second-order valence-electron chi connectivity index (χ2n) is 12.2. The molecule has 4 aromatic carbocycles. The molecule has 0 amide bonds. The fraction of sp³-hybridized carbons (Fsp3) is 0.150. The summed E-state index contributed by atoms with van der Waals surface area (Å²) in [5.74, 6) is 6.47. The van der Waals surface area contributed by atoms with E-state index in [-0.39, 0.29) is 20.1 Å². The summed E-state index contributed by atoms with van der Waals surface area (Å²) >= 11 is -1.72. The van der Waals surface area contributed by atoms with E-state index in [1.165, 1.54) is 9.96 Å². The van der Waals surface area contributed by atoms with Gasteiger partial charge < -0.3 is 9.40 Å². The minimum absolute atomic E-state index is 0. The third kappa shape index (κ3) is 7.53. The number of nitrogens with zero attached hydrogens (tertiary/aromatic N) is 2. The quantitative estimate of drug-likeness (QED) is 0.128. The Hall–Kier alpha value is -3.83. The van der Waals surface area contributed by atoms with Crippen molar-refractivity contribution in [2.45, 2.75) is 37.0 Å². The van der Waals surface area contributed by atoms with Crippen LogP contribution in [0.2, 0.25) is 17.3 Å². The Balaban J connectivity index is 0.000000209. The van der Waals surface area contributed by atoms with E-state index in [4.69, 9.17) is 5.79 Å². The zero-order chi connectivity index (χ0) is 31.6. The Bertz CT molecular complexity index is 2060. The van der Waals surface area contributed by atoms with Crippen molar-refractivity contribution in [1.82, 2.24) is 9.97 Å². The molecule has 3 nitrogen and oxygen atoms in total. The van der Waals surface area contributed by atoms with E-state index in [0.717, 1.165) is 55.6 Å². The Morgan fingerprint density at radius 3 is 2.20 bits per heavy atom. The molecule has 0 aliphatic heterocycles. The molecule has 0 fully saturated rings. The van der Waals surface area contributed by atoms with Crippen molar-refractivity contribution in [2.24, 2.45) is 0 Å². The molecular weight excluding hydrogens is 789 g/mol. The van der Waals surface area contributed by atoms with Gasteiger partial charge >= 0.3 is 99.8 Å². The van der Waals surface area contributed by atoms with Crippen molar-refractivity contribution in [3.05, 3.63) is 139 Å². The van der Waals surface area contributed by atoms with Crippen LogP contribution in [0, 0.1) is 12.1 Å². The molecule has 7 aromatic rings. The first kappa shape index (κ1) is 31.2. The SMILES string of the molecule is [2H]C(C)(C)c1ccnc(-c2[c-]cc3oc4cc(-c5ccccc5)ccc4c3c2)c1.[CH3][Ge]([CH3])([CH3])[c]1ccc(-c2[c-]cccc2)nc1.[Ir]. The molecule has 5 heteroatoms. The van der Waals surface area contributed by atoms with E-state index < -0.39 is 19.2 Å². The van der Waals surface area contributed by atoms with Gasteiger partial charge in [-0.2, -0.15) is 0 Å². The van der Waals surface area contributed by atoms with E-state index in [2.05, 4.69) is 87.9 Å². The van der Waals surface area contributed by atoms with E-state index in [1.54, 1.807) is 6.20 Å². The number of aromatic nitrogens is 2. The van der Waals surface area contributed by atoms with Gasteiger partial charge in [0.2, 0.25) is 0 Å². The molecule has 0 aliphatic carbocycles. The van der Waals surface area contributed by atoms with Gasteiger partial charge in [-0.15, -0.1) is 23.8 Å². The van der Waals surface area contributed by atoms with Gasteiger partial charge in [0.25, 0.3) is 0 Å². The number of fused-ring (bicyclic) bond motifs is 3. The van der Waals surface area contributed by atoms with Gasteiger partial charge in [-0.05, 0) is 34.8 Å². The summed E-state index contributed by atoms with van der Waals surface area (Å²) < 4.78 is 15.8. The van der Waals surface area contributed by atoms with E-state index >= 15 is 0 Å². The summed E-state index contributed by atoms with van der Waals surface area (Å²) in [6.45, 7) is 3.76. The molecule has 0 saturated heterocycles. The number of furan rings is 1. The second-order valence-corrected chi connectivity index (χ2v) is 22.8. The molecule has 0 saturated carbocycles. The number of rotatable bonds is 5. The first-order valence-corrected chi connectivity index (χ1v) is 22.2. The molecule has 0 unspecified atom stereocenters. The minimum atomic E-state index is -1.72. The first-order chi connectivity index (χ1) is 21.6. The standard InChI is InChI=1S/C26H20NO.C14H16GeN.Ir/c1-17(2)19-12-13-27-24(15-19)21-9-11-25-23(14-21)22-10-8-20(16-26(22)28-25)18-6-4-3-5-7-18;1-15(2,3)13-9-10-14(16-11-13)12-7-5-4-6-8-12;/h3-8,10-17H,1-2H3;4-7,9-11H,1-3H3;/q2*-1;/i17D;;. The largest absolute Gasteiger partial charge is 0 e. The Kier molecular flexibility index (Phi) is 9.75. The molecule has 3 heterocycles. The summed E-state index contributed by atoms with van der Waals surface area (Å²) in [7, 11) is 0. The molecular formula is C40H36GeIrN2O-2. The van der Waals surface area contributed by atoms with E-state index in [0.29, 0.717) is 0 Å². The zero-order valence-electron chi connectivity index (χ0n) is 27.2. The van der Waals surface area contributed by atoms with Crippen LogP contribution in [0.15, 0.2) is 126 Å². The van der Waals surface area contributed by atoms with Crippen LogP contribution in [0.25, 0.3) is 55.6 Å². The fourth-order valence-electron chi connectivity index (χ4n) is 5.12. The van der Waals surface area contributed by atoms with Gasteiger partial charge in [0.1, 0.15) is 5.58 Å². The molecule has 0 atom stereocenters. The van der Waals surface area contributed by atoms with Crippen LogP contribution in [0.5, 0.6) is 0 Å². The molecule has 0 aliphatic rings. The maximum atomic E-state index is 8.28. The molecule has 0 bridgehead atoms. The van der Waals surface area contributed by atoms with Crippen molar-refractivity contribution in [2.75, 3.05) is 0 Å². The van der Waals surface area contributed by atoms with Crippen molar-refractivity contribution >= 4 is 39.6 Å². The molecule has 1 radical (unpaired) electrons. The molecule has 0 N–H and O–H groups in total. The van der Waals surface area contributed by atoms with Crippen molar-refractivity contribution in [3.63, 3.8) is 0 Å². The van der Waals surface area contributed by atoms with Crippen LogP contribution >= 0.6 is 0 Å². The van der Waals surface area contributed by atoms with Crippen molar-refractivity contribution < 1.29 is 25.9 Å². The number of pyridine rings is 2. The van der Waals surface area contributed by atoms with Gasteiger partial charge in [-0.1, -0.05) is 73.3 Å². The summed E-state index contributed by atoms with van der Waals surface area (Å²) in [6, 6.07) is 43.2. The van der Waals surface area contributed by atoms with Gasteiger partial charge in [0.05, 0.1) is 5.58 Å². The monoisotopic (exact) mass is 828 g/mol. The number of hydrogen-bond acceptors (Lipinski definition) is 3. The molecule has 3 aromatic heterocycles. The van der Waals surface area contributed by atoms with Crippen LogP contribution < -0.4 is 4.40 Å². The van der Waals surface area contributed by atoms with Gasteiger partial charge in [0.15, 0.2) is 0 Å². The number of hydrogen-bond donors (Lipinski definition) is 0. The third-order valence-corrected chi connectivity index (χ3v) is 12.0. The smallest absolute Gasteiger partial charge is 0 e. The van der Waals surface area contributed by atoms with Crippen molar-refractivity contribution in [1.29, 1.82) is 0 Å². The normalized spacial score (nSPS) is 11.8. The predicted octanol–water partition coefficient (Wildman–Crippen LogP) is 10.3. The maximum absolute atomic E-state index is 8.28. The number of benzene rings is 4. The van der Waals surface area contributed by atoms with E-state index in [1.807, 2.05) is 80.7 Å². The zero-order valence-corrected chi connectivity index (χ0v) is 30.7. The Labute approximate surface area is 283 Å². The first-order valence-electron chi connectivity index (χ1n) is 15.4. The molecule has 0 spiro atoms. The summed E-state index contributed by atoms with van der Waals surface area (Å²) in [5, 5.41) is 2.12. The van der Waals surface area contributed by atoms with Crippen LogP contribution in [0.4, 0.5) is 0 Å². The Morgan fingerprint density at radius 2 is 1.51 bits per heavy atom. The molecule has 7 rings (SSSR count). The van der Waals surface area contributed by atoms with Crippen LogP contribution in [-0.2, 0) is 20.1 Å². The summed E-state index contributed by atoms with van der Waals surface area (Å²) in [4.78, 5) is 9.03. The van der Waals surface area contributed by atoms with E-state index in [9.17, 15) is 0 Å². The van der Waals surface area contributed by atoms with Gasteiger partial charge in [-0.25, -0.2) is 0 Å². The average molecular weight is 827 g/mol. The summed E-state index contributed by atoms with van der Waals surface area (Å²) in [5.41, 5.74) is 8.70. The second kappa shape index (κ2) is 14.1. The van der Waals surface area contributed by atoms with Crippen LogP contribution in [0.1, 0.15) is 26.7 Å². The van der Waals surface area contributed by atoms with Gasteiger partial charge in [-0.3, -0.25) is 0 Å². The fourth-order valence-corrected chi connectivity index (χ4v) is 7.29. The molecule has 227 valence electrons. The maximum Gasteiger partial charge on any atom is 0 e. The Morgan fingerprint density at radius 1 is 0.711 bits per heavy atom. The van der Waals surface area contributed by atoms with Crippen LogP contribution in [-0.4, -0.2) is 23.2 Å². The van der Waals surface area contributed by atoms with Crippen LogP contribution in [0.3, 0.4) is 0 Å². The summed E-state index contributed by atoms with van der Waals surface area (Å²) in [6.07, 6.45) is 3.80. The van der Waals surface area contributed by atoms with Gasteiger partial charge in [0, 0.05) is 33.1 Å². The predicted molar refractivity (Wildman–Crippen MR) is 187 cm³/mol. The minimum Gasteiger partial charge on any atom is 0 e. The van der Waals surface area contributed by atoms with Crippen molar-refractivity contribution in [3.8, 4) is 33.6 Å². The topological polar surface area (TPSA) is 38.9 Å². The third-order valence-electron chi connectivity index (χ3n) is 7.74. The average Bonchev–Trinajstić information content (AvgIpc) is 3.42. The molecule has 45 heavy (non-hydrogen) atoms.